The summed E-state index contributed by atoms with van der Waals surface area (Å²) >= 11 is 0. The molecule has 26 heavy (non-hydrogen) atoms. The van der Waals surface area contributed by atoms with E-state index in [0.717, 1.165) is 38.9 Å². The van der Waals surface area contributed by atoms with Crippen molar-refractivity contribution in [1.29, 1.82) is 0 Å². The van der Waals surface area contributed by atoms with E-state index in [0.29, 0.717) is 6.42 Å². The first-order valence-electron chi connectivity index (χ1n) is 10.1. The Hall–Kier alpha value is -1.36. The van der Waals surface area contributed by atoms with Crippen molar-refractivity contribution in [3.8, 4) is 0 Å². The minimum atomic E-state index is -0.837. The highest BCUT2D eigenvalue weighted by Gasteiger charge is 2.50. The Morgan fingerprint density at radius 1 is 1.23 bits per heavy atom. The van der Waals surface area contributed by atoms with Gasteiger partial charge in [0.2, 0.25) is 11.8 Å². The summed E-state index contributed by atoms with van der Waals surface area (Å²) in [4.78, 5) is 27.9. The molecule has 2 rings (SSSR count). The third-order valence-electron chi connectivity index (χ3n) is 5.79. The molecule has 5 heteroatoms. The normalized spacial score (nSPS) is 30.0. The van der Waals surface area contributed by atoms with Gasteiger partial charge in [-0.05, 0) is 90.8 Å². The molecule has 0 aromatic heterocycles. The molecule has 5 nitrogen and oxygen atoms in total. The van der Waals surface area contributed by atoms with Crippen LogP contribution in [0.4, 0.5) is 0 Å². The van der Waals surface area contributed by atoms with E-state index in [1.165, 1.54) is 19.8 Å². The van der Waals surface area contributed by atoms with E-state index in [-0.39, 0.29) is 29.2 Å². The fourth-order valence-corrected chi connectivity index (χ4v) is 4.53. The molecule has 1 aliphatic heterocycles. The average Bonchev–Trinajstić information content (AvgIpc) is 3.04. The fourth-order valence-electron chi connectivity index (χ4n) is 4.53. The molecule has 3 atom stereocenters. The van der Waals surface area contributed by atoms with Crippen molar-refractivity contribution in [2.75, 3.05) is 19.6 Å². The minimum absolute atomic E-state index is 0.0434. The predicted octanol–water partition coefficient (Wildman–Crippen LogP) is 2.86. The minimum Gasteiger partial charge on any atom is -0.349 e. The molecule has 2 aliphatic rings. The van der Waals surface area contributed by atoms with Crippen LogP contribution in [0.5, 0.6) is 0 Å². The van der Waals surface area contributed by atoms with Gasteiger partial charge in [0.05, 0.1) is 0 Å². The molecule has 148 valence electrons. The molecular weight excluding hydrogens is 326 g/mol. The van der Waals surface area contributed by atoms with Crippen LogP contribution >= 0.6 is 0 Å². The summed E-state index contributed by atoms with van der Waals surface area (Å²) in [5, 5.41) is 6.23. The van der Waals surface area contributed by atoms with Gasteiger partial charge in [0.15, 0.2) is 0 Å². The quantitative estimate of drug-likeness (QED) is 0.714. The van der Waals surface area contributed by atoms with Crippen LogP contribution < -0.4 is 10.6 Å². The van der Waals surface area contributed by atoms with Crippen molar-refractivity contribution in [1.82, 2.24) is 15.5 Å². The fraction of sp³-hybridized carbons (Fsp3) is 0.810. The molecule has 2 fully saturated rings. The number of rotatable bonds is 6. The number of hydrogen-bond donors (Lipinski definition) is 2. The Kier molecular flexibility index (Phi) is 6.89. The first-order valence-corrected chi connectivity index (χ1v) is 10.1. The van der Waals surface area contributed by atoms with Gasteiger partial charge in [-0.15, -0.1) is 6.58 Å². The lowest BCUT2D eigenvalue weighted by molar-refractivity contribution is -0.139. The molecule has 1 saturated heterocycles. The molecule has 0 aromatic rings. The van der Waals surface area contributed by atoms with E-state index < -0.39 is 5.54 Å². The number of carbonyl (C=O) groups excluding carboxylic acids is 2. The Morgan fingerprint density at radius 3 is 2.42 bits per heavy atom. The maximum Gasteiger partial charge on any atom is 0.246 e. The summed E-state index contributed by atoms with van der Waals surface area (Å²) in [6.45, 7) is 14.7. The van der Waals surface area contributed by atoms with Gasteiger partial charge in [-0.2, -0.15) is 0 Å². The first-order chi connectivity index (χ1) is 12.2. The number of amides is 2. The third-order valence-corrected chi connectivity index (χ3v) is 5.79. The highest BCUT2D eigenvalue weighted by molar-refractivity contribution is 5.92. The van der Waals surface area contributed by atoms with Crippen LogP contribution in [-0.2, 0) is 9.59 Å². The summed E-state index contributed by atoms with van der Waals surface area (Å²) < 4.78 is 0. The number of allylic oxidation sites excluding steroid dienone is 1. The van der Waals surface area contributed by atoms with Crippen LogP contribution in [0.2, 0.25) is 0 Å². The first kappa shape index (κ1) is 20.9. The summed E-state index contributed by atoms with van der Waals surface area (Å²) in [5.41, 5.74) is -1.17. The van der Waals surface area contributed by atoms with Gasteiger partial charge in [-0.25, -0.2) is 0 Å². The number of nitrogens with zero attached hydrogens (tertiary/aromatic N) is 1. The van der Waals surface area contributed by atoms with Gasteiger partial charge in [0.1, 0.15) is 5.54 Å². The number of nitrogens with one attached hydrogen (secondary N) is 2. The number of hydrogen-bond acceptors (Lipinski definition) is 3. The third kappa shape index (κ3) is 5.32. The lowest BCUT2D eigenvalue weighted by Gasteiger charge is -2.47. The highest BCUT2D eigenvalue weighted by Crippen LogP contribution is 2.40. The Bertz CT molecular complexity index is 520. The molecule has 1 saturated carbocycles. The second-order valence-electron chi connectivity index (χ2n) is 9.17. The molecule has 2 amide bonds. The van der Waals surface area contributed by atoms with Gasteiger partial charge in [0, 0.05) is 12.5 Å². The molecule has 0 bridgehead atoms. The summed E-state index contributed by atoms with van der Waals surface area (Å²) in [6, 6.07) is 0. The van der Waals surface area contributed by atoms with Crippen LogP contribution in [0.25, 0.3) is 0 Å². The van der Waals surface area contributed by atoms with Crippen LogP contribution in [0, 0.1) is 11.8 Å². The number of carbonyl (C=O) groups is 2. The van der Waals surface area contributed by atoms with Crippen LogP contribution in [0.3, 0.4) is 0 Å². The zero-order chi connectivity index (χ0) is 19.4. The molecule has 0 aromatic carbocycles. The highest BCUT2D eigenvalue weighted by atomic mass is 16.2. The van der Waals surface area contributed by atoms with Gasteiger partial charge in [-0.3, -0.25) is 9.59 Å². The number of likely N-dealkylation sites (tertiary alicyclic amines) is 1. The molecule has 1 aliphatic carbocycles. The van der Waals surface area contributed by atoms with Gasteiger partial charge < -0.3 is 15.5 Å². The Balaban J connectivity index is 2.25. The maximum absolute atomic E-state index is 13.4. The standard InChI is InChI=1S/C21H37N3O2/c1-6-17-9-10-18(11-14-24-12-7-8-13-24)21(15-17,22-16(2)25)19(26)23-20(3,4)5/h6,17-18H,1,7-15H2,2-5H3,(H,22,25)(H,23,26). The second-order valence-corrected chi connectivity index (χ2v) is 9.17. The zero-order valence-electron chi connectivity index (χ0n) is 17.1. The summed E-state index contributed by atoms with van der Waals surface area (Å²) in [5.74, 6) is 0.240. The van der Waals surface area contributed by atoms with E-state index >= 15 is 0 Å². The predicted molar refractivity (Wildman–Crippen MR) is 106 cm³/mol. The van der Waals surface area contributed by atoms with Crippen molar-refractivity contribution in [2.45, 2.75) is 77.3 Å². The average molecular weight is 364 g/mol. The lowest BCUT2D eigenvalue weighted by atomic mass is 9.66. The van der Waals surface area contributed by atoms with Crippen LogP contribution in [0.15, 0.2) is 12.7 Å². The molecule has 0 radical (unpaired) electrons. The van der Waals surface area contributed by atoms with Crippen molar-refractivity contribution >= 4 is 11.8 Å². The Morgan fingerprint density at radius 2 is 1.88 bits per heavy atom. The lowest BCUT2D eigenvalue weighted by Crippen LogP contribution is -2.67. The monoisotopic (exact) mass is 363 g/mol. The van der Waals surface area contributed by atoms with Crippen molar-refractivity contribution < 1.29 is 9.59 Å². The Labute approximate surface area is 159 Å². The van der Waals surface area contributed by atoms with Crippen molar-refractivity contribution in [3.05, 3.63) is 12.7 Å². The second kappa shape index (κ2) is 8.55. The zero-order valence-corrected chi connectivity index (χ0v) is 17.1. The van der Waals surface area contributed by atoms with Crippen LogP contribution in [-0.4, -0.2) is 47.4 Å². The summed E-state index contributed by atoms with van der Waals surface area (Å²) in [7, 11) is 0. The van der Waals surface area contributed by atoms with Crippen molar-refractivity contribution in [3.63, 3.8) is 0 Å². The summed E-state index contributed by atoms with van der Waals surface area (Å²) in [6.07, 6.45) is 8.05. The molecular formula is C21H37N3O2. The van der Waals surface area contributed by atoms with E-state index in [2.05, 4.69) is 22.1 Å². The van der Waals surface area contributed by atoms with Crippen molar-refractivity contribution in [2.24, 2.45) is 11.8 Å². The van der Waals surface area contributed by atoms with E-state index in [9.17, 15) is 9.59 Å². The molecule has 2 N–H and O–H groups in total. The smallest absolute Gasteiger partial charge is 0.246 e. The SMILES string of the molecule is C=CC1CCC(CCN2CCCC2)C(NC(C)=O)(C(=O)NC(C)(C)C)C1. The van der Waals surface area contributed by atoms with E-state index in [1.54, 1.807) is 0 Å². The van der Waals surface area contributed by atoms with Gasteiger partial charge in [-0.1, -0.05) is 6.08 Å². The molecule has 1 heterocycles. The van der Waals surface area contributed by atoms with E-state index in [1.807, 2.05) is 26.8 Å². The largest absolute Gasteiger partial charge is 0.349 e. The van der Waals surface area contributed by atoms with E-state index in [4.69, 9.17) is 0 Å². The van der Waals surface area contributed by atoms with Gasteiger partial charge in [0.25, 0.3) is 0 Å². The van der Waals surface area contributed by atoms with Gasteiger partial charge >= 0.3 is 0 Å². The maximum atomic E-state index is 13.4. The molecule has 3 unspecified atom stereocenters. The van der Waals surface area contributed by atoms with Crippen LogP contribution in [0.1, 0.15) is 66.2 Å². The molecule has 0 spiro atoms. The topological polar surface area (TPSA) is 61.4 Å².